The molecule has 0 aromatic heterocycles. The van der Waals surface area contributed by atoms with E-state index in [1.165, 1.54) is 11.1 Å². The number of benzene rings is 2. The minimum atomic E-state index is -0.200. The molecule has 1 N–H and O–H groups in total. The van der Waals surface area contributed by atoms with Crippen molar-refractivity contribution in [1.29, 1.82) is 0 Å². The fourth-order valence-corrected chi connectivity index (χ4v) is 2.68. The molecule has 0 heterocycles. The zero-order valence-corrected chi connectivity index (χ0v) is 11.7. The summed E-state index contributed by atoms with van der Waals surface area (Å²) in [6.45, 7) is 2.47. The molecule has 0 unspecified atom stereocenters. The van der Waals surface area contributed by atoms with Gasteiger partial charge in [0.05, 0.1) is 6.10 Å². The standard InChI is InChI=1S/C18H20O2/c1-13(19)17-11-18(17)15-7-9-16(10-8-15)20-12-14-5-3-2-4-6-14/h2-10,13,17-19H,11-12H2,1H3/t13-,17+,18-/m0/s1. The molecule has 1 aliphatic rings. The average molecular weight is 268 g/mol. The number of aliphatic hydroxyl groups is 1. The van der Waals surface area contributed by atoms with Crippen LogP contribution in [-0.2, 0) is 6.61 Å². The van der Waals surface area contributed by atoms with Crippen LogP contribution in [0.1, 0.15) is 30.4 Å². The van der Waals surface area contributed by atoms with Gasteiger partial charge in [0.25, 0.3) is 0 Å². The molecular formula is C18H20O2. The molecule has 1 aliphatic carbocycles. The summed E-state index contributed by atoms with van der Waals surface area (Å²) in [4.78, 5) is 0. The Kier molecular flexibility index (Phi) is 3.75. The first-order chi connectivity index (χ1) is 9.74. The Morgan fingerprint density at radius 3 is 2.40 bits per heavy atom. The van der Waals surface area contributed by atoms with Crippen LogP contribution in [0.2, 0.25) is 0 Å². The van der Waals surface area contributed by atoms with Crippen molar-refractivity contribution in [2.24, 2.45) is 5.92 Å². The Bertz CT molecular complexity index is 545. The Labute approximate surface area is 120 Å². The summed E-state index contributed by atoms with van der Waals surface area (Å²) in [7, 11) is 0. The van der Waals surface area contributed by atoms with E-state index in [-0.39, 0.29) is 6.10 Å². The molecule has 2 aromatic carbocycles. The maximum atomic E-state index is 9.56. The highest BCUT2D eigenvalue weighted by atomic mass is 16.5. The van der Waals surface area contributed by atoms with Crippen molar-refractivity contribution < 1.29 is 9.84 Å². The SMILES string of the molecule is C[C@H](O)[C@H]1C[C@H]1c1ccc(OCc2ccccc2)cc1. The summed E-state index contributed by atoms with van der Waals surface area (Å²) < 4.78 is 5.77. The minimum absolute atomic E-state index is 0.200. The molecule has 20 heavy (non-hydrogen) atoms. The summed E-state index contributed by atoms with van der Waals surface area (Å²) >= 11 is 0. The largest absolute Gasteiger partial charge is 0.489 e. The smallest absolute Gasteiger partial charge is 0.119 e. The van der Waals surface area contributed by atoms with Crippen molar-refractivity contribution in [1.82, 2.24) is 0 Å². The summed E-state index contributed by atoms with van der Waals surface area (Å²) in [5.74, 6) is 1.86. The van der Waals surface area contributed by atoms with Crippen molar-refractivity contribution >= 4 is 0 Å². The third kappa shape index (κ3) is 3.02. The molecule has 104 valence electrons. The Morgan fingerprint density at radius 2 is 1.80 bits per heavy atom. The second kappa shape index (κ2) is 5.68. The highest BCUT2D eigenvalue weighted by molar-refractivity contribution is 5.33. The third-order valence-corrected chi connectivity index (χ3v) is 4.02. The topological polar surface area (TPSA) is 29.5 Å². The van der Waals surface area contributed by atoms with Gasteiger partial charge in [-0.1, -0.05) is 42.5 Å². The molecule has 2 nitrogen and oxygen atoms in total. The average Bonchev–Trinajstić information content (AvgIpc) is 3.27. The van der Waals surface area contributed by atoms with Crippen LogP contribution in [0.15, 0.2) is 54.6 Å². The van der Waals surface area contributed by atoms with Crippen LogP contribution in [0.3, 0.4) is 0 Å². The van der Waals surface area contributed by atoms with E-state index in [0.29, 0.717) is 18.4 Å². The predicted octanol–water partition coefficient (Wildman–Crippen LogP) is 3.75. The lowest BCUT2D eigenvalue weighted by atomic mass is 10.1. The molecule has 0 saturated heterocycles. The van der Waals surface area contributed by atoms with Crippen LogP contribution in [0.25, 0.3) is 0 Å². The first-order valence-corrected chi connectivity index (χ1v) is 7.19. The Morgan fingerprint density at radius 1 is 1.10 bits per heavy atom. The molecule has 3 rings (SSSR count). The van der Waals surface area contributed by atoms with Gasteiger partial charge in [0, 0.05) is 0 Å². The van der Waals surface area contributed by atoms with Gasteiger partial charge in [-0.05, 0) is 48.4 Å². The normalized spacial score (nSPS) is 22.3. The molecule has 3 atom stereocenters. The zero-order chi connectivity index (χ0) is 13.9. The maximum Gasteiger partial charge on any atom is 0.119 e. The molecule has 2 heteroatoms. The summed E-state index contributed by atoms with van der Waals surface area (Å²) in [5, 5.41) is 9.56. The molecule has 0 bridgehead atoms. The zero-order valence-electron chi connectivity index (χ0n) is 11.7. The molecule has 1 fully saturated rings. The van der Waals surface area contributed by atoms with Gasteiger partial charge in [-0.25, -0.2) is 0 Å². The van der Waals surface area contributed by atoms with E-state index in [1.807, 2.05) is 37.3 Å². The van der Waals surface area contributed by atoms with Crippen LogP contribution in [-0.4, -0.2) is 11.2 Å². The maximum absolute atomic E-state index is 9.56. The lowest BCUT2D eigenvalue weighted by Crippen LogP contribution is -2.03. The summed E-state index contributed by atoms with van der Waals surface area (Å²) in [6, 6.07) is 18.5. The van der Waals surface area contributed by atoms with E-state index in [1.54, 1.807) is 0 Å². The van der Waals surface area contributed by atoms with E-state index in [4.69, 9.17) is 4.74 Å². The molecule has 1 saturated carbocycles. The first kappa shape index (κ1) is 13.2. The number of rotatable bonds is 5. The quantitative estimate of drug-likeness (QED) is 0.895. The van der Waals surface area contributed by atoms with Gasteiger partial charge in [-0.2, -0.15) is 0 Å². The van der Waals surface area contributed by atoms with Crippen molar-refractivity contribution in [2.45, 2.75) is 32.0 Å². The summed E-state index contributed by atoms with van der Waals surface area (Å²) in [6.07, 6.45) is 0.899. The molecule has 0 amide bonds. The lowest BCUT2D eigenvalue weighted by molar-refractivity contribution is 0.169. The number of hydrogen-bond donors (Lipinski definition) is 1. The van der Waals surface area contributed by atoms with Gasteiger partial charge in [-0.15, -0.1) is 0 Å². The van der Waals surface area contributed by atoms with Gasteiger partial charge < -0.3 is 9.84 Å². The molecule has 0 aliphatic heterocycles. The van der Waals surface area contributed by atoms with E-state index >= 15 is 0 Å². The monoisotopic (exact) mass is 268 g/mol. The van der Waals surface area contributed by atoms with Crippen molar-refractivity contribution in [3.05, 3.63) is 65.7 Å². The second-order valence-electron chi connectivity index (χ2n) is 5.59. The predicted molar refractivity (Wildman–Crippen MR) is 79.7 cm³/mol. The Balaban J connectivity index is 1.57. The van der Waals surface area contributed by atoms with Crippen LogP contribution in [0, 0.1) is 5.92 Å². The lowest BCUT2D eigenvalue weighted by Gasteiger charge is -2.08. The minimum Gasteiger partial charge on any atom is -0.489 e. The van der Waals surface area contributed by atoms with Crippen molar-refractivity contribution in [3.8, 4) is 5.75 Å². The van der Waals surface area contributed by atoms with E-state index in [9.17, 15) is 5.11 Å². The van der Waals surface area contributed by atoms with Crippen LogP contribution >= 0.6 is 0 Å². The second-order valence-corrected chi connectivity index (χ2v) is 5.59. The van der Waals surface area contributed by atoms with Crippen molar-refractivity contribution in [2.75, 3.05) is 0 Å². The molecule has 0 radical (unpaired) electrons. The van der Waals surface area contributed by atoms with Gasteiger partial charge in [0.1, 0.15) is 12.4 Å². The van der Waals surface area contributed by atoms with Gasteiger partial charge >= 0.3 is 0 Å². The fourth-order valence-electron chi connectivity index (χ4n) is 2.68. The molecule has 0 spiro atoms. The van der Waals surface area contributed by atoms with E-state index in [2.05, 4.69) is 24.3 Å². The highest BCUT2D eigenvalue weighted by Crippen LogP contribution is 2.49. The van der Waals surface area contributed by atoms with Crippen LogP contribution in [0.5, 0.6) is 5.75 Å². The van der Waals surface area contributed by atoms with Crippen molar-refractivity contribution in [3.63, 3.8) is 0 Å². The van der Waals surface area contributed by atoms with E-state index in [0.717, 1.165) is 12.2 Å². The van der Waals surface area contributed by atoms with E-state index < -0.39 is 0 Å². The third-order valence-electron chi connectivity index (χ3n) is 4.02. The molecular weight excluding hydrogens is 248 g/mol. The summed E-state index contributed by atoms with van der Waals surface area (Å²) in [5.41, 5.74) is 2.48. The number of hydrogen-bond acceptors (Lipinski definition) is 2. The van der Waals surface area contributed by atoms with Crippen LogP contribution in [0.4, 0.5) is 0 Å². The van der Waals surface area contributed by atoms with Crippen LogP contribution < -0.4 is 4.74 Å². The number of ether oxygens (including phenoxy) is 1. The fraction of sp³-hybridized carbons (Fsp3) is 0.333. The van der Waals surface area contributed by atoms with Gasteiger partial charge in [0.15, 0.2) is 0 Å². The highest BCUT2D eigenvalue weighted by Gasteiger charge is 2.41. The van der Waals surface area contributed by atoms with Gasteiger partial charge in [0.2, 0.25) is 0 Å². The Hall–Kier alpha value is -1.80. The molecule has 2 aromatic rings. The van der Waals surface area contributed by atoms with Gasteiger partial charge in [-0.3, -0.25) is 0 Å². The first-order valence-electron chi connectivity index (χ1n) is 7.19. The number of aliphatic hydroxyl groups excluding tert-OH is 1.